The number of hydrogen-bond donors (Lipinski definition) is 4. The van der Waals surface area contributed by atoms with Gasteiger partial charge in [-0.2, -0.15) is 0 Å². The summed E-state index contributed by atoms with van der Waals surface area (Å²) in [5, 5.41) is 0. The van der Waals surface area contributed by atoms with Crippen LogP contribution in [0, 0.1) is 0 Å². The number of rotatable bonds is 12. The van der Waals surface area contributed by atoms with Crippen molar-refractivity contribution in [2.75, 3.05) is 6.61 Å². The summed E-state index contributed by atoms with van der Waals surface area (Å²) < 4.78 is 34.5. The predicted molar refractivity (Wildman–Crippen MR) is 82.1 cm³/mol. The van der Waals surface area contributed by atoms with E-state index >= 15 is 0 Å². The van der Waals surface area contributed by atoms with Crippen LogP contribution in [0.5, 0.6) is 0 Å². The van der Waals surface area contributed by atoms with Gasteiger partial charge in [0.15, 0.2) is 0 Å². The van der Waals surface area contributed by atoms with Crippen LogP contribution in [0.15, 0.2) is 0 Å². The van der Waals surface area contributed by atoms with Gasteiger partial charge in [-0.25, -0.2) is 8.42 Å². The summed E-state index contributed by atoms with van der Waals surface area (Å²) in [6, 6.07) is 0. The summed E-state index contributed by atoms with van der Waals surface area (Å²) in [6.07, 6.45) is 11.7. The van der Waals surface area contributed by atoms with Gasteiger partial charge in [-0.1, -0.05) is 64.7 Å². The van der Waals surface area contributed by atoms with E-state index in [4.69, 9.17) is 19.2 Å². The van der Waals surface area contributed by atoms with E-state index < -0.39 is 19.4 Å². The van der Waals surface area contributed by atoms with Gasteiger partial charge in [0, 0.05) is 0 Å². The van der Waals surface area contributed by atoms with E-state index in [0.717, 1.165) is 12.8 Å². The summed E-state index contributed by atoms with van der Waals surface area (Å²) in [4.78, 5) is 29.3. The molecule has 0 heterocycles. The van der Waals surface area contributed by atoms with Gasteiger partial charge in [0.05, 0.1) is 6.61 Å². The molecule has 0 spiro atoms. The molecule has 4 N–H and O–H groups in total. The largest absolute Gasteiger partial charge is 1.00 e. The Morgan fingerprint density at radius 1 is 0.826 bits per heavy atom. The number of hydrogen-bond acceptors (Lipinski definition) is 8. The summed E-state index contributed by atoms with van der Waals surface area (Å²) >= 11 is 0. The Bertz CT molecular complexity index is 328. The summed E-state index contributed by atoms with van der Waals surface area (Å²) in [6.45, 7) is 2.24. The Morgan fingerprint density at radius 3 is 1.43 bits per heavy atom. The molecule has 0 unspecified atom stereocenters. The molecule has 0 fully saturated rings. The van der Waals surface area contributed by atoms with E-state index in [1.807, 2.05) is 0 Å². The van der Waals surface area contributed by atoms with Gasteiger partial charge < -0.3 is 23.7 Å². The molecule has 11 heteroatoms. The van der Waals surface area contributed by atoms with E-state index in [9.17, 15) is 13.0 Å². The summed E-state index contributed by atoms with van der Waals surface area (Å²) in [7, 11) is -9.10. The Balaban J connectivity index is -0.000000578. The second kappa shape index (κ2) is 17.7. The summed E-state index contributed by atoms with van der Waals surface area (Å²) in [5.74, 6) is 0. The molecule has 8 nitrogen and oxygen atoms in total. The Labute approximate surface area is 162 Å². The molecule has 0 aromatic carbocycles. The van der Waals surface area contributed by atoms with Crippen molar-refractivity contribution in [3.63, 3.8) is 0 Å². The Morgan fingerprint density at radius 2 is 1.13 bits per heavy atom. The average Bonchev–Trinajstić information content (AvgIpc) is 2.32. The van der Waals surface area contributed by atoms with Gasteiger partial charge in [-0.15, -0.1) is 0 Å². The van der Waals surface area contributed by atoms with E-state index in [0.29, 0.717) is 6.42 Å². The maximum Gasteiger partial charge on any atom is 1.00 e. The average molecular weight is 384 g/mol. The molecule has 0 bridgehead atoms. The summed E-state index contributed by atoms with van der Waals surface area (Å²) in [5.41, 5.74) is 0. The van der Waals surface area contributed by atoms with Crippen LogP contribution in [0.4, 0.5) is 0 Å². The molecule has 0 aliphatic carbocycles. The fourth-order valence-corrected chi connectivity index (χ4v) is 2.07. The molecule has 23 heavy (non-hydrogen) atoms. The van der Waals surface area contributed by atoms with Gasteiger partial charge in [-0.05, 0) is 6.42 Å². The van der Waals surface area contributed by atoms with Crippen molar-refractivity contribution in [3.05, 3.63) is 0 Å². The van der Waals surface area contributed by atoms with E-state index in [-0.39, 0.29) is 36.2 Å². The van der Waals surface area contributed by atoms with Gasteiger partial charge >= 0.3 is 38.6 Å². The topological polar surface area (TPSA) is 147 Å². The van der Waals surface area contributed by atoms with Crippen molar-refractivity contribution in [3.8, 4) is 0 Å². The van der Waals surface area contributed by atoms with Crippen LogP contribution in [-0.2, 0) is 14.6 Å². The van der Waals surface area contributed by atoms with E-state index in [2.05, 4.69) is 11.1 Å². The first-order chi connectivity index (χ1) is 10.1. The second-order valence-electron chi connectivity index (χ2n) is 5.01. The smallest absolute Gasteiger partial charge is 0.726 e. The van der Waals surface area contributed by atoms with Crippen LogP contribution >= 0.6 is 0 Å². The third kappa shape index (κ3) is 45.1. The van der Waals surface area contributed by atoms with Crippen LogP contribution in [0.3, 0.4) is 0 Å². The van der Waals surface area contributed by atoms with Crippen LogP contribution < -0.4 is 29.6 Å². The zero-order valence-electron chi connectivity index (χ0n) is 14.1. The zero-order chi connectivity index (χ0) is 17.5. The van der Waals surface area contributed by atoms with Crippen LogP contribution in [0.25, 0.3) is 0 Å². The van der Waals surface area contributed by atoms with Gasteiger partial charge in [0.25, 0.3) is 0 Å². The van der Waals surface area contributed by atoms with E-state index in [1.165, 1.54) is 44.9 Å². The second-order valence-corrected chi connectivity index (χ2v) is 7.26. The minimum Gasteiger partial charge on any atom is -0.726 e. The van der Waals surface area contributed by atoms with Crippen molar-refractivity contribution in [1.29, 1.82) is 0 Å². The zero-order valence-corrected chi connectivity index (χ0v) is 17.9. The normalized spacial score (nSPS) is 11.4. The van der Waals surface area contributed by atoms with Crippen LogP contribution in [0.1, 0.15) is 71.1 Å². The standard InChI is InChI=1S/C12H26O4S.Na.H4O4Si/c1-2-3-4-5-6-7-8-9-10-11-12-16-17(13,14)15;;1-5(2,3)4/h2-12H2,1H3,(H,13,14,15);;1-4H/q;+1;/p-1. The molecule has 136 valence electrons. The molecule has 0 aromatic rings. The van der Waals surface area contributed by atoms with Crippen molar-refractivity contribution in [2.45, 2.75) is 71.1 Å². The van der Waals surface area contributed by atoms with Gasteiger partial charge in [0.1, 0.15) is 0 Å². The predicted octanol–water partition coefficient (Wildman–Crippen LogP) is -2.22. The van der Waals surface area contributed by atoms with Crippen molar-refractivity contribution in [2.24, 2.45) is 0 Å². The third-order valence-electron chi connectivity index (χ3n) is 2.73. The van der Waals surface area contributed by atoms with Gasteiger partial charge in [-0.3, -0.25) is 4.18 Å². The van der Waals surface area contributed by atoms with Gasteiger partial charge in [0.2, 0.25) is 10.4 Å². The molecule has 0 amide bonds. The molecule has 0 aliphatic rings. The Kier molecular flexibility index (Phi) is 22.2. The molecule has 0 aromatic heterocycles. The quantitative estimate of drug-likeness (QED) is 0.128. The first-order valence-corrected chi connectivity index (χ1v) is 10.7. The fourth-order valence-electron chi connectivity index (χ4n) is 1.75. The molecular weight excluding hydrogens is 355 g/mol. The molecule has 0 radical (unpaired) electrons. The molecule has 0 rings (SSSR count). The maximum absolute atomic E-state index is 10.1. The van der Waals surface area contributed by atoms with Crippen molar-refractivity contribution < 1.29 is 65.9 Å². The fraction of sp³-hybridized carbons (Fsp3) is 1.00. The van der Waals surface area contributed by atoms with Crippen LogP contribution in [0.2, 0.25) is 0 Å². The first kappa shape index (κ1) is 28.7. The first-order valence-electron chi connectivity index (χ1n) is 7.56. The minimum absolute atomic E-state index is 0. The Hall–Kier alpha value is 0.927. The maximum atomic E-state index is 10.1. The third-order valence-corrected chi connectivity index (χ3v) is 3.18. The molecule has 0 atom stereocenters. The molecule has 0 saturated heterocycles. The molecule has 0 saturated carbocycles. The molecular formula is C12H29NaO8SSi. The number of unbranched alkanes of at least 4 members (excludes halogenated alkanes) is 9. The minimum atomic E-state index is -4.61. The van der Waals surface area contributed by atoms with Crippen molar-refractivity contribution >= 4 is 19.4 Å². The SMILES string of the molecule is CCCCCCCCCCCCOS(=O)(=O)[O-].O[Si](O)(O)O.[Na+]. The monoisotopic (exact) mass is 384 g/mol. The molecule has 0 aliphatic heterocycles. The van der Waals surface area contributed by atoms with Crippen LogP contribution in [-0.4, -0.2) is 47.8 Å². The van der Waals surface area contributed by atoms with Crippen molar-refractivity contribution in [1.82, 2.24) is 0 Å². The van der Waals surface area contributed by atoms with E-state index in [1.54, 1.807) is 0 Å².